The normalized spacial score (nSPS) is 18.1. The van der Waals surface area contributed by atoms with E-state index in [0.29, 0.717) is 34.9 Å². The molecule has 2 N–H and O–H groups in total. The van der Waals surface area contributed by atoms with Crippen molar-refractivity contribution in [2.45, 2.75) is 19.9 Å². The van der Waals surface area contributed by atoms with Gasteiger partial charge in [-0.05, 0) is 17.5 Å². The molecule has 1 unspecified atom stereocenters. The molecule has 0 bridgehead atoms. The van der Waals surface area contributed by atoms with E-state index in [1.165, 1.54) is 0 Å². The first-order valence-corrected chi connectivity index (χ1v) is 7.34. The third-order valence-corrected chi connectivity index (χ3v) is 3.92. The highest BCUT2D eigenvalue weighted by molar-refractivity contribution is 6.33. The van der Waals surface area contributed by atoms with E-state index < -0.39 is 0 Å². The van der Waals surface area contributed by atoms with Crippen molar-refractivity contribution in [2.24, 2.45) is 16.6 Å². The van der Waals surface area contributed by atoms with Crippen LogP contribution in [0.2, 0.25) is 5.02 Å². The Kier molecular flexibility index (Phi) is 4.83. The number of guanidine groups is 1. The van der Waals surface area contributed by atoms with Gasteiger partial charge in [-0.15, -0.1) is 0 Å². The Labute approximate surface area is 130 Å². The molecule has 1 aromatic carbocycles. The van der Waals surface area contributed by atoms with Gasteiger partial charge < -0.3 is 20.1 Å². The summed E-state index contributed by atoms with van der Waals surface area (Å²) in [6, 6.07) is 3.86. The lowest BCUT2D eigenvalue weighted by molar-refractivity contribution is 0.307. The van der Waals surface area contributed by atoms with Crippen molar-refractivity contribution < 1.29 is 9.47 Å². The third kappa shape index (κ3) is 3.02. The molecular weight excluding hydrogens is 290 g/mol. The molecule has 0 radical (unpaired) electrons. The maximum atomic E-state index is 6.50. The smallest absolute Gasteiger partial charge is 0.191 e. The van der Waals surface area contributed by atoms with Gasteiger partial charge in [-0.3, -0.25) is 4.99 Å². The average molecular weight is 312 g/mol. The maximum absolute atomic E-state index is 6.50. The van der Waals surface area contributed by atoms with Crippen LogP contribution in [-0.4, -0.2) is 38.2 Å². The van der Waals surface area contributed by atoms with Gasteiger partial charge in [-0.25, -0.2) is 0 Å². The highest BCUT2D eigenvalue weighted by atomic mass is 35.5. The Morgan fingerprint density at radius 2 is 2.10 bits per heavy atom. The van der Waals surface area contributed by atoms with Crippen LogP contribution in [0, 0.1) is 5.92 Å². The Bertz CT molecular complexity index is 546. The van der Waals surface area contributed by atoms with Crippen molar-refractivity contribution in [3.63, 3.8) is 0 Å². The zero-order chi connectivity index (χ0) is 15.6. The van der Waals surface area contributed by atoms with Crippen molar-refractivity contribution in [1.29, 1.82) is 0 Å². The molecule has 1 atom stereocenters. The van der Waals surface area contributed by atoms with E-state index in [1.54, 1.807) is 14.2 Å². The van der Waals surface area contributed by atoms with Crippen molar-refractivity contribution in [1.82, 2.24) is 4.90 Å². The van der Waals surface area contributed by atoms with Gasteiger partial charge in [0.25, 0.3) is 0 Å². The van der Waals surface area contributed by atoms with Crippen LogP contribution in [0.4, 0.5) is 0 Å². The summed E-state index contributed by atoms with van der Waals surface area (Å²) in [5.41, 5.74) is 6.97. The lowest BCUT2D eigenvalue weighted by atomic mass is 10.0. The molecule has 2 rings (SSSR count). The molecule has 0 aliphatic carbocycles. The molecule has 1 aromatic rings. The van der Waals surface area contributed by atoms with Gasteiger partial charge in [-0.1, -0.05) is 31.5 Å². The Morgan fingerprint density at radius 1 is 1.38 bits per heavy atom. The number of rotatable bonds is 5. The summed E-state index contributed by atoms with van der Waals surface area (Å²) < 4.78 is 10.6. The zero-order valence-electron chi connectivity index (χ0n) is 12.9. The molecule has 1 aliphatic rings. The van der Waals surface area contributed by atoms with E-state index in [1.807, 2.05) is 12.1 Å². The summed E-state index contributed by atoms with van der Waals surface area (Å²) in [6.45, 7) is 5.75. The number of nitrogens with two attached hydrogens (primary N) is 1. The van der Waals surface area contributed by atoms with Gasteiger partial charge in [0.2, 0.25) is 0 Å². The van der Waals surface area contributed by atoms with Gasteiger partial charge in [-0.2, -0.15) is 0 Å². The highest BCUT2D eigenvalue weighted by Crippen LogP contribution is 2.42. The van der Waals surface area contributed by atoms with Crippen LogP contribution in [0.15, 0.2) is 17.1 Å². The molecular formula is C15H22ClN3O2. The number of aliphatic imine (C=N–C) groups is 1. The zero-order valence-corrected chi connectivity index (χ0v) is 13.6. The van der Waals surface area contributed by atoms with E-state index in [2.05, 4.69) is 23.7 Å². The predicted octanol–water partition coefficient (Wildman–Crippen LogP) is 2.68. The standard InChI is InChI=1S/C15H22ClN3O2/c1-9(2)8-19-11(7-18-15(19)17)10-5-6-12(20-3)14(21-4)13(10)16/h5-6,9,11H,7-8H2,1-4H3,(H2,17,18). The fourth-order valence-electron chi connectivity index (χ4n) is 2.57. The van der Waals surface area contributed by atoms with Crippen LogP contribution < -0.4 is 15.2 Å². The highest BCUT2D eigenvalue weighted by Gasteiger charge is 2.31. The van der Waals surface area contributed by atoms with E-state index in [4.69, 9.17) is 26.8 Å². The lowest BCUT2D eigenvalue weighted by Crippen LogP contribution is -2.38. The summed E-state index contributed by atoms with van der Waals surface area (Å²) in [4.78, 5) is 6.45. The number of hydrogen-bond acceptors (Lipinski definition) is 5. The monoisotopic (exact) mass is 311 g/mol. The summed E-state index contributed by atoms with van der Waals surface area (Å²) in [5.74, 6) is 2.22. The van der Waals surface area contributed by atoms with Crippen molar-refractivity contribution in [2.75, 3.05) is 27.3 Å². The van der Waals surface area contributed by atoms with E-state index >= 15 is 0 Å². The van der Waals surface area contributed by atoms with E-state index in [-0.39, 0.29) is 6.04 Å². The lowest BCUT2D eigenvalue weighted by Gasteiger charge is -2.29. The van der Waals surface area contributed by atoms with Crippen LogP contribution >= 0.6 is 11.6 Å². The van der Waals surface area contributed by atoms with E-state index in [0.717, 1.165) is 12.1 Å². The summed E-state index contributed by atoms with van der Waals surface area (Å²) in [6.07, 6.45) is 0. The van der Waals surface area contributed by atoms with Gasteiger partial charge in [0.05, 0.1) is 31.8 Å². The quantitative estimate of drug-likeness (QED) is 0.908. The molecule has 21 heavy (non-hydrogen) atoms. The fourth-order valence-corrected chi connectivity index (χ4v) is 2.93. The van der Waals surface area contributed by atoms with E-state index in [9.17, 15) is 0 Å². The largest absolute Gasteiger partial charge is 0.493 e. The minimum atomic E-state index is 0.0414. The molecule has 0 saturated heterocycles. The van der Waals surface area contributed by atoms with Crippen LogP contribution in [0.5, 0.6) is 11.5 Å². The van der Waals surface area contributed by atoms with Gasteiger partial charge >= 0.3 is 0 Å². The molecule has 1 heterocycles. The second-order valence-corrected chi connectivity index (χ2v) is 5.84. The summed E-state index contributed by atoms with van der Waals surface area (Å²) >= 11 is 6.50. The van der Waals surface area contributed by atoms with Crippen LogP contribution in [0.1, 0.15) is 25.5 Å². The number of hydrogen-bond donors (Lipinski definition) is 1. The predicted molar refractivity (Wildman–Crippen MR) is 85.3 cm³/mol. The second kappa shape index (κ2) is 6.43. The molecule has 6 heteroatoms. The second-order valence-electron chi connectivity index (χ2n) is 5.47. The van der Waals surface area contributed by atoms with Crippen LogP contribution in [0.3, 0.4) is 0 Å². The van der Waals surface area contributed by atoms with Crippen LogP contribution in [0.25, 0.3) is 0 Å². The first-order chi connectivity index (χ1) is 9.99. The average Bonchev–Trinajstić information content (AvgIpc) is 2.79. The fraction of sp³-hybridized carbons (Fsp3) is 0.533. The molecule has 0 aromatic heterocycles. The van der Waals surface area contributed by atoms with Gasteiger partial charge in [0, 0.05) is 6.54 Å². The molecule has 1 aliphatic heterocycles. The molecule has 0 amide bonds. The van der Waals surface area contributed by atoms with Gasteiger partial charge in [0.15, 0.2) is 17.5 Å². The van der Waals surface area contributed by atoms with Crippen LogP contribution in [-0.2, 0) is 0 Å². The minimum absolute atomic E-state index is 0.0414. The van der Waals surface area contributed by atoms with Crippen molar-refractivity contribution in [3.05, 3.63) is 22.7 Å². The summed E-state index contributed by atoms with van der Waals surface area (Å²) in [7, 11) is 3.18. The number of ether oxygens (including phenoxy) is 2. The molecule has 0 saturated carbocycles. The summed E-state index contributed by atoms with van der Waals surface area (Å²) in [5, 5.41) is 0.556. The SMILES string of the molecule is COc1ccc(C2CN=C(N)N2CC(C)C)c(Cl)c1OC. The maximum Gasteiger partial charge on any atom is 0.191 e. The number of methoxy groups -OCH3 is 2. The van der Waals surface area contributed by atoms with Crippen molar-refractivity contribution >= 4 is 17.6 Å². The minimum Gasteiger partial charge on any atom is -0.493 e. The first kappa shape index (κ1) is 15.8. The Morgan fingerprint density at radius 3 is 2.67 bits per heavy atom. The third-order valence-electron chi connectivity index (χ3n) is 3.53. The number of benzene rings is 1. The molecule has 0 spiro atoms. The number of halogens is 1. The molecule has 116 valence electrons. The first-order valence-electron chi connectivity index (χ1n) is 6.96. The molecule has 5 nitrogen and oxygen atoms in total. The Balaban J connectivity index is 2.38. The van der Waals surface area contributed by atoms with Gasteiger partial charge in [0.1, 0.15) is 0 Å². The Hall–Kier alpha value is -1.62. The topological polar surface area (TPSA) is 60.1 Å². The molecule has 0 fully saturated rings. The number of nitrogens with zero attached hydrogens (tertiary/aromatic N) is 2. The van der Waals surface area contributed by atoms with Crippen molar-refractivity contribution in [3.8, 4) is 11.5 Å².